The van der Waals surface area contributed by atoms with Crippen molar-refractivity contribution in [3.8, 4) is 0 Å². The summed E-state index contributed by atoms with van der Waals surface area (Å²) in [4.78, 5) is 26.1. The first-order valence-electron chi connectivity index (χ1n) is 4.98. The van der Waals surface area contributed by atoms with Crippen molar-refractivity contribution in [3.63, 3.8) is 0 Å². The first kappa shape index (κ1) is 12.8. The molecule has 5 heteroatoms. The van der Waals surface area contributed by atoms with Gasteiger partial charge in [0.05, 0.1) is 18.1 Å². The van der Waals surface area contributed by atoms with Crippen LogP contribution in [-0.2, 0) is 4.74 Å². The van der Waals surface area contributed by atoms with Crippen LogP contribution in [-0.4, -0.2) is 29.2 Å². The number of rotatable bonds is 4. The van der Waals surface area contributed by atoms with Gasteiger partial charge in [0.2, 0.25) is 0 Å². The highest BCUT2D eigenvalue weighted by Crippen LogP contribution is 2.19. The van der Waals surface area contributed by atoms with Gasteiger partial charge in [-0.25, -0.2) is 4.79 Å². The van der Waals surface area contributed by atoms with Crippen molar-refractivity contribution in [1.82, 2.24) is 4.98 Å². The summed E-state index contributed by atoms with van der Waals surface area (Å²) < 4.78 is 4.87. The molecule has 1 N–H and O–H groups in total. The van der Waals surface area contributed by atoms with Gasteiger partial charge in [-0.2, -0.15) is 0 Å². The number of ketones is 1. The summed E-state index contributed by atoms with van der Waals surface area (Å²) in [5.41, 5.74) is 2.05. The Morgan fingerprint density at radius 2 is 2.00 bits per heavy atom. The zero-order valence-electron chi connectivity index (χ0n) is 9.52. The predicted octanol–water partition coefficient (Wildman–Crippen LogP) is 2.23. The van der Waals surface area contributed by atoms with Crippen molar-refractivity contribution in [2.24, 2.45) is 0 Å². The first-order chi connectivity index (χ1) is 7.52. The number of alkyl halides is 1. The van der Waals surface area contributed by atoms with E-state index in [0.717, 1.165) is 11.3 Å². The normalized spacial score (nSPS) is 10.2. The molecule has 0 aliphatic carbocycles. The fourth-order valence-electron chi connectivity index (χ4n) is 1.49. The fraction of sp³-hybridized carbons (Fsp3) is 0.455. The monoisotopic (exact) mass is 243 g/mol. The molecule has 1 rings (SSSR count). The molecule has 1 aromatic heterocycles. The number of aromatic amines is 1. The number of carbonyl (C=O) groups is 2. The molecule has 0 fully saturated rings. The number of Topliss-reactive ketones (excluding diaryl/α,β-unsaturated/α-hetero) is 1. The first-order valence-corrected chi connectivity index (χ1v) is 5.51. The van der Waals surface area contributed by atoms with Gasteiger partial charge >= 0.3 is 5.97 Å². The number of hydrogen-bond acceptors (Lipinski definition) is 3. The molecule has 0 radical (unpaired) electrons. The lowest BCUT2D eigenvalue weighted by atomic mass is 10.1. The van der Waals surface area contributed by atoms with Crippen molar-refractivity contribution in [1.29, 1.82) is 0 Å². The van der Waals surface area contributed by atoms with Crippen molar-refractivity contribution in [2.45, 2.75) is 20.8 Å². The fourth-order valence-corrected chi connectivity index (χ4v) is 1.62. The van der Waals surface area contributed by atoms with E-state index in [2.05, 4.69) is 4.98 Å². The number of esters is 1. The minimum atomic E-state index is -0.521. The average Bonchev–Trinajstić information content (AvgIpc) is 2.55. The molecule has 0 aromatic carbocycles. The standard InChI is InChI=1S/C11H14ClNO3/c1-4-16-11(15)10-9(8(14)5-12)6(2)7(3)13-10/h13H,4-5H2,1-3H3. The Hall–Kier alpha value is -1.29. The maximum atomic E-state index is 11.6. The minimum Gasteiger partial charge on any atom is -0.461 e. The number of aromatic nitrogens is 1. The van der Waals surface area contributed by atoms with Crippen molar-refractivity contribution >= 4 is 23.4 Å². The van der Waals surface area contributed by atoms with Crippen LogP contribution in [0, 0.1) is 13.8 Å². The Bertz CT molecular complexity index is 423. The number of hydrogen-bond donors (Lipinski definition) is 1. The van der Waals surface area contributed by atoms with Crippen LogP contribution in [0.2, 0.25) is 0 Å². The molecular formula is C11H14ClNO3. The second kappa shape index (κ2) is 5.16. The molecule has 88 valence electrons. The van der Waals surface area contributed by atoms with Crippen molar-refractivity contribution < 1.29 is 14.3 Å². The van der Waals surface area contributed by atoms with Gasteiger partial charge in [-0.05, 0) is 26.3 Å². The summed E-state index contributed by atoms with van der Waals surface area (Å²) in [5.74, 6) is -0.941. The molecule has 0 atom stereocenters. The van der Waals surface area contributed by atoms with Gasteiger partial charge in [-0.1, -0.05) is 0 Å². The molecule has 0 bridgehead atoms. The maximum absolute atomic E-state index is 11.6. The van der Waals surface area contributed by atoms with Gasteiger partial charge in [0.1, 0.15) is 5.69 Å². The topological polar surface area (TPSA) is 59.2 Å². The summed E-state index contributed by atoms with van der Waals surface area (Å²) >= 11 is 5.51. The number of H-pyrrole nitrogens is 1. The lowest BCUT2D eigenvalue weighted by molar-refractivity contribution is 0.0517. The zero-order chi connectivity index (χ0) is 12.3. The van der Waals surface area contributed by atoms with Crippen LogP contribution in [0.5, 0.6) is 0 Å². The largest absolute Gasteiger partial charge is 0.461 e. The molecule has 1 aromatic rings. The van der Waals surface area contributed by atoms with Crippen LogP contribution in [0.25, 0.3) is 0 Å². The van der Waals surface area contributed by atoms with E-state index >= 15 is 0 Å². The third-order valence-electron chi connectivity index (χ3n) is 2.38. The van der Waals surface area contributed by atoms with Crippen molar-refractivity contribution in [2.75, 3.05) is 12.5 Å². The van der Waals surface area contributed by atoms with Crippen molar-refractivity contribution in [3.05, 3.63) is 22.5 Å². The number of aryl methyl sites for hydroxylation is 1. The quantitative estimate of drug-likeness (QED) is 0.501. The highest BCUT2D eigenvalue weighted by Gasteiger charge is 2.23. The van der Waals surface area contributed by atoms with E-state index in [1.807, 2.05) is 0 Å². The number of halogens is 1. The molecule has 1 heterocycles. The molecular weight excluding hydrogens is 230 g/mol. The lowest BCUT2D eigenvalue weighted by Crippen LogP contribution is -2.12. The summed E-state index contributed by atoms with van der Waals surface area (Å²) in [6.07, 6.45) is 0. The summed E-state index contributed by atoms with van der Waals surface area (Å²) in [7, 11) is 0. The van der Waals surface area contributed by atoms with Crippen LogP contribution in [0.3, 0.4) is 0 Å². The van der Waals surface area contributed by atoms with E-state index in [9.17, 15) is 9.59 Å². The zero-order valence-corrected chi connectivity index (χ0v) is 10.3. The molecule has 0 aliphatic heterocycles. The van der Waals surface area contributed by atoms with E-state index in [0.29, 0.717) is 5.56 Å². The second-order valence-corrected chi connectivity index (χ2v) is 3.67. The molecule has 0 spiro atoms. The Labute approximate surface area is 98.9 Å². The van der Waals surface area contributed by atoms with Gasteiger partial charge in [0, 0.05) is 5.69 Å². The molecule has 0 saturated heterocycles. The lowest BCUT2D eigenvalue weighted by Gasteiger charge is -2.02. The summed E-state index contributed by atoms with van der Waals surface area (Å²) in [6, 6.07) is 0. The molecule has 0 aliphatic rings. The van der Waals surface area contributed by atoms with Gasteiger partial charge in [-0.15, -0.1) is 11.6 Å². The molecule has 16 heavy (non-hydrogen) atoms. The SMILES string of the molecule is CCOC(=O)c1[nH]c(C)c(C)c1C(=O)CCl. The van der Waals surface area contributed by atoms with Gasteiger partial charge in [-0.3, -0.25) is 4.79 Å². The summed E-state index contributed by atoms with van der Waals surface area (Å²) in [5, 5.41) is 0. The van der Waals surface area contributed by atoms with Crippen LogP contribution in [0.15, 0.2) is 0 Å². The van der Waals surface area contributed by atoms with Crippen LogP contribution >= 0.6 is 11.6 Å². The number of nitrogens with one attached hydrogen (secondary N) is 1. The number of carbonyl (C=O) groups excluding carboxylic acids is 2. The van der Waals surface area contributed by atoms with Gasteiger partial charge in [0.15, 0.2) is 5.78 Å². The maximum Gasteiger partial charge on any atom is 0.355 e. The molecule has 4 nitrogen and oxygen atoms in total. The van der Waals surface area contributed by atoms with E-state index in [1.165, 1.54) is 0 Å². The third-order valence-corrected chi connectivity index (χ3v) is 2.62. The highest BCUT2D eigenvalue weighted by atomic mass is 35.5. The third kappa shape index (κ3) is 2.27. The van der Waals surface area contributed by atoms with E-state index in [1.54, 1.807) is 20.8 Å². The van der Waals surface area contributed by atoms with E-state index in [4.69, 9.17) is 16.3 Å². The molecule has 0 unspecified atom stereocenters. The van der Waals surface area contributed by atoms with Crippen LogP contribution in [0.1, 0.15) is 39.0 Å². The van der Waals surface area contributed by atoms with E-state index < -0.39 is 5.97 Å². The van der Waals surface area contributed by atoms with Gasteiger partial charge in [0.25, 0.3) is 0 Å². The Kier molecular flexibility index (Phi) is 4.12. The van der Waals surface area contributed by atoms with Gasteiger partial charge < -0.3 is 9.72 Å². The molecule has 0 amide bonds. The minimum absolute atomic E-state index is 0.148. The molecule has 0 saturated carbocycles. The Morgan fingerprint density at radius 3 is 2.50 bits per heavy atom. The Morgan fingerprint density at radius 1 is 1.38 bits per heavy atom. The smallest absolute Gasteiger partial charge is 0.355 e. The average molecular weight is 244 g/mol. The highest BCUT2D eigenvalue weighted by molar-refractivity contribution is 6.31. The van der Waals surface area contributed by atoms with Crippen LogP contribution in [0.4, 0.5) is 0 Å². The van der Waals surface area contributed by atoms with E-state index in [-0.39, 0.29) is 24.0 Å². The van der Waals surface area contributed by atoms with Crippen LogP contribution < -0.4 is 0 Å². The predicted molar refractivity (Wildman–Crippen MR) is 61.3 cm³/mol. The number of ether oxygens (including phenoxy) is 1. The summed E-state index contributed by atoms with van der Waals surface area (Å²) in [6.45, 7) is 5.55. The Balaban J connectivity index is 3.23. The second-order valence-electron chi connectivity index (χ2n) is 3.40.